The molecule has 0 spiro atoms. The molecule has 108 valence electrons. The van der Waals surface area contributed by atoms with Gasteiger partial charge in [0.15, 0.2) is 11.5 Å². The zero-order chi connectivity index (χ0) is 14.1. The van der Waals surface area contributed by atoms with Crippen molar-refractivity contribution in [1.82, 2.24) is 5.32 Å². The molecule has 7 heteroatoms. The van der Waals surface area contributed by atoms with Gasteiger partial charge >= 0.3 is 0 Å². The Balaban J connectivity index is 1.70. The first kappa shape index (κ1) is 13.5. The predicted octanol–water partition coefficient (Wildman–Crippen LogP) is 1.38. The quantitative estimate of drug-likeness (QED) is 0.882. The van der Waals surface area contributed by atoms with Crippen molar-refractivity contribution in [3.8, 4) is 11.5 Å². The molecule has 2 aliphatic rings. The van der Waals surface area contributed by atoms with E-state index in [2.05, 4.69) is 10.6 Å². The minimum absolute atomic E-state index is 0.0676. The van der Waals surface area contributed by atoms with Crippen LogP contribution in [0.25, 0.3) is 0 Å². The van der Waals surface area contributed by atoms with Crippen molar-refractivity contribution in [1.29, 1.82) is 0 Å². The van der Waals surface area contributed by atoms with Crippen LogP contribution in [0.2, 0.25) is 5.02 Å². The molecule has 1 fully saturated rings. The average Bonchev–Trinajstić information content (AvgIpc) is 3.07. The Bertz CT molecular complexity index is 537. The van der Waals surface area contributed by atoms with E-state index < -0.39 is 0 Å². The topological polar surface area (TPSA) is 68.8 Å². The number of fused-ring (bicyclic) bond motifs is 1. The van der Waals surface area contributed by atoms with Gasteiger partial charge in [-0.1, -0.05) is 11.6 Å². The molecule has 0 aromatic heterocycles. The number of anilines is 1. The summed E-state index contributed by atoms with van der Waals surface area (Å²) in [6.07, 6.45) is 0.711. The van der Waals surface area contributed by atoms with Crippen LogP contribution in [-0.4, -0.2) is 38.5 Å². The van der Waals surface area contributed by atoms with Gasteiger partial charge in [-0.05, 0) is 6.42 Å². The predicted molar refractivity (Wildman–Crippen MR) is 73.4 cm³/mol. The molecule has 0 bridgehead atoms. The van der Waals surface area contributed by atoms with Crippen molar-refractivity contribution in [2.75, 3.05) is 25.8 Å². The molecule has 2 heterocycles. The lowest BCUT2D eigenvalue weighted by atomic mass is 10.2. The van der Waals surface area contributed by atoms with Gasteiger partial charge in [0.25, 0.3) is 0 Å². The first-order valence-corrected chi connectivity index (χ1v) is 6.71. The number of carbonyl (C=O) groups is 1. The molecule has 2 unspecified atom stereocenters. The summed E-state index contributed by atoms with van der Waals surface area (Å²) in [5.41, 5.74) is 0.517. The Morgan fingerprint density at radius 3 is 2.90 bits per heavy atom. The number of hydrogen-bond donors (Lipinski definition) is 2. The van der Waals surface area contributed by atoms with Crippen molar-refractivity contribution >= 4 is 23.2 Å². The van der Waals surface area contributed by atoms with Crippen LogP contribution < -0.4 is 20.1 Å². The number of rotatable bonds is 3. The van der Waals surface area contributed by atoms with Crippen molar-refractivity contribution in [2.24, 2.45) is 0 Å². The number of benzene rings is 1. The molecule has 2 atom stereocenters. The van der Waals surface area contributed by atoms with Crippen LogP contribution in [0.4, 0.5) is 5.69 Å². The Kier molecular flexibility index (Phi) is 3.69. The molecule has 2 N–H and O–H groups in total. The molecule has 0 radical (unpaired) electrons. The number of nitrogens with one attached hydrogen (secondary N) is 2. The van der Waals surface area contributed by atoms with Gasteiger partial charge in [-0.3, -0.25) is 4.79 Å². The summed E-state index contributed by atoms with van der Waals surface area (Å²) < 4.78 is 15.7. The smallest absolute Gasteiger partial charge is 0.241 e. The SMILES string of the molecule is COC1CNC(C(=O)Nc2cc3c(cc2Cl)OCO3)C1. The summed E-state index contributed by atoms with van der Waals surface area (Å²) in [5.74, 6) is 1.04. The van der Waals surface area contributed by atoms with Gasteiger partial charge in [0, 0.05) is 25.8 Å². The van der Waals surface area contributed by atoms with Crippen molar-refractivity contribution in [3.05, 3.63) is 17.2 Å². The van der Waals surface area contributed by atoms with Gasteiger partial charge < -0.3 is 24.8 Å². The lowest BCUT2D eigenvalue weighted by Gasteiger charge is -2.13. The monoisotopic (exact) mass is 298 g/mol. The maximum Gasteiger partial charge on any atom is 0.241 e. The number of ether oxygens (including phenoxy) is 3. The highest BCUT2D eigenvalue weighted by molar-refractivity contribution is 6.34. The second-order valence-corrected chi connectivity index (χ2v) is 5.14. The van der Waals surface area contributed by atoms with Gasteiger partial charge in [-0.2, -0.15) is 0 Å². The lowest BCUT2D eigenvalue weighted by molar-refractivity contribution is -0.118. The van der Waals surface area contributed by atoms with E-state index in [0.717, 1.165) is 0 Å². The number of methoxy groups -OCH3 is 1. The van der Waals surface area contributed by atoms with Crippen molar-refractivity contribution < 1.29 is 19.0 Å². The molecule has 0 saturated carbocycles. The molecule has 2 aliphatic heterocycles. The lowest BCUT2D eigenvalue weighted by Crippen LogP contribution is -2.35. The van der Waals surface area contributed by atoms with Crippen LogP contribution in [0, 0.1) is 0 Å². The minimum Gasteiger partial charge on any atom is -0.454 e. The Hall–Kier alpha value is -1.50. The van der Waals surface area contributed by atoms with E-state index in [1.165, 1.54) is 0 Å². The van der Waals surface area contributed by atoms with Crippen molar-refractivity contribution in [2.45, 2.75) is 18.6 Å². The van der Waals surface area contributed by atoms with Gasteiger partial charge in [-0.15, -0.1) is 0 Å². The first-order chi connectivity index (χ1) is 9.67. The molecular formula is C13H15ClN2O4. The molecular weight excluding hydrogens is 284 g/mol. The van der Waals surface area contributed by atoms with Gasteiger partial charge in [0.1, 0.15) is 0 Å². The highest BCUT2D eigenvalue weighted by atomic mass is 35.5. The molecule has 3 rings (SSSR count). The second-order valence-electron chi connectivity index (χ2n) is 4.73. The highest BCUT2D eigenvalue weighted by Crippen LogP contribution is 2.39. The molecule has 20 heavy (non-hydrogen) atoms. The van der Waals surface area contributed by atoms with E-state index in [1.54, 1.807) is 19.2 Å². The number of hydrogen-bond acceptors (Lipinski definition) is 5. The van der Waals surface area contributed by atoms with Crippen LogP contribution in [0.1, 0.15) is 6.42 Å². The minimum atomic E-state index is -0.276. The molecule has 1 aromatic carbocycles. The zero-order valence-electron chi connectivity index (χ0n) is 10.9. The van der Waals surface area contributed by atoms with E-state index in [9.17, 15) is 4.79 Å². The fraction of sp³-hybridized carbons (Fsp3) is 0.462. The Morgan fingerprint density at radius 1 is 1.45 bits per heavy atom. The zero-order valence-corrected chi connectivity index (χ0v) is 11.7. The molecule has 1 amide bonds. The average molecular weight is 299 g/mol. The van der Waals surface area contributed by atoms with E-state index in [4.69, 9.17) is 25.8 Å². The van der Waals surface area contributed by atoms with Crippen LogP contribution in [0.3, 0.4) is 0 Å². The molecule has 0 aliphatic carbocycles. The summed E-state index contributed by atoms with van der Waals surface area (Å²) in [7, 11) is 1.64. The summed E-state index contributed by atoms with van der Waals surface area (Å²) in [6, 6.07) is 3.03. The van der Waals surface area contributed by atoms with Gasteiger partial charge in [-0.25, -0.2) is 0 Å². The van der Waals surface area contributed by atoms with Gasteiger partial charge in [0.05, 0.1) is 22.9 Å². The number of carbonyl (C=O) groups excluding carboxylic acids is 1. The van der Waals surface area contributed by atoms with Crippen LogP contribution >= 0.6 is 11.6 Å². The number of amides is 1. The third-order valence-electron chi connectivity index (χ3n) is 3.46. The van der Waals surface area contributed by atoms with Gasteiger partial charge in [0.2, 0.25) is 12.7 Å². The van der Waals surface area contributed by atoms with Crippen LogP contribution in [-0.2, 0) is 9.53 Å². The largest absolute Gasteiger partial charge is 0.454 e. The molecule has 6 nitrogen and oxygen atoms in total. The third-order valence-corrected chi connectivity index (χ3v) is 3.77. The second kappa shape index (κ2) is 5.47. The fourth-order valence-corrected chi connectivity index (χ4v) is 2.52. The summed E-state index contributed by atoms with van der Waals surface area (Å²) >= 11 is 6.12. The summed E-state index contributed by atoms with van der Waals surface area (Å²) in [5, 5.41) is 6.34. The Labute approximate surface area is 121 Å². The highest BCUT2D eigenvalue weighted by Gasteiger charge is 2.30. The van der Waals surface area contributed by atoms with E-state index >= 15 is 0 Å². The summed E-state index contributed by atoms with van der Waals surface area (Å²) in [6.45, 7) is 0.840. The van der Waals surface area contributed by atoms with E-state index in [0.29, 0.717) is 35.2 Å². The Morgan fingerprint density at radius 2 is 2.20 bits per heavy atom. The first-order valence-electron chi connectivity index (χ1n) is 6.33. The molecule has 1 saturated heterocycles. The normalized spacial score (nSPS) is 23.9. The van der Waals surface area contributed by atoms with E-state index in [-0.39, 0.29) is 24.8 Å². The van der Waals surface area contributed by atoms with E-state index in [1.807, 2.05) is 0 Å². The standard InChI is InChI=1S/C13H15ClN2O4/c1-18-7-2-10(15-5-7)13(17)16-9-4-12-11(3-8(9)14)19-6-20-12/h3-4,7,10,15H,2,5-6H2,1H3,(H,16,17). The van der Waals surface area contributed by atoms with Crippen LogP contribution in [0.15, 0.2) is 12.1 Å². The van der Waals surface area contributed by atoms with Crippen molar-refractivity contribution in [3.63, 3.8) is 0 Å². The van der Waals surface area contributed by atoms with Crippen LogP contribution in [0.5, 0.6) is 11.5 Å². The number of halogens is 1. The maximum absolute atomic E-state index is 12.2. The molecule has 1 aromatic rings. The third kappa shape index (κ3) is 2.54. The summed E-state index contributed by atoms with van der Waals surface area (Å²) in [4.78, 5) is 12.2. The maximum atomic E-state index is 12.2. The fourth-order valence-electron chi connectivity index (χ4n) is 2.32.